The lowest BCUT2D eigenvalue weighted by atomic mass is 9.99. The SMILES string of the molecule is Cc1nc(C2CCCCCC2)[nH]c(=O)c1CCO. The molecule has 0 atom stereocenters. The topological polar surface area (TPSA) is 66.0 Å². The van der Waals surface area contributed by atoms with Gasteiger partial charge in [-0.3, -0.25) is 4.79 Å². The van der Waals surface area contributed by atoms with Crippen molar-refractivity contribution in [1.29, 1.82) is 0 Å². The van der Waals surface area contributed by atoms with E-state index in [0.717, 1.165) is 24.4 Å². The molecule has 1 saturated carbocycles. The van der Waals surface area contributed by atoms with Crippen molar-refractivity contribution in [3.8, 4) is 0 Å². The maximum absolute atomic E-state index is 12.0. The number of hydrogen-bond donors (Lipinski definition) is 2. The first kappa shape index (κ1) is 13.3. The first-order valence-electron chi connectivity index (χ1n) is 6.93. The molecule has 1 aromatic rings. The fourth-order valence-corrected chi connectivity index (χ4v) is 2.78. The highest BCUT2D eigenvalue weighted by Crippen LogP contribution is 2.29. The highest BCUT2D eigenvalue weighted by molar-refractivity contribution is 5.18. The molecule has 0 aliphatic heterocycles. The molecule has 2 rings (SSSR count). The summed E-state index contributed by atoms with van der Waals surface area (Å²) in [5.74, 6) is 1.25. The molecule has 0 bridgehead atoms. The Morgan fingerprint density at radius 3 is 2.50 bits per heavy atom. The molecule has 1 aliphatic rings. The molecule has 1 heterocycles. The number of aromatic nitrogens is 2. The van der Waals surface area contributed by atoms with Crippen LogP contribution >= 0.6 is 0 Å². The zero-order valence-electron chi connectivity index (χ0n) is 11.0. The van der Waals surface area contributed by atoms with Crippen molar-refractivity contribution in [3.05, 3.63) is 27.4 Å². The Labute approximate surface area is 107 Å². The van der Waals surface area contributed by atoms with Crippen molar-refractivity contribution in [2.45, 2.75) is 57.8 Å². The van der Waals surface area contributed by atoms with E-state index < -0.39 is 0 Å². The minimum Gasteiger partial charge on any atom is -0.396 e. The predicted octanol–water partition coefficient (Wildman–Crippen LogP) is 2.05. The molecule has 0 amide bonds. The largest absolute Gasteiger partial charge is 0.396 e. The zero-order valence-corrected chi connectivity index (χ0v) is 11.0. The van der Waals surface area contributed by atoms with E-state index in [0.29, 0.717) is 17.9 Å². The molecule has 0 aromatic carbocycles. The Bertz CT molecular complexity index is 446. The van der Waals surface area contributed by atoms with Gasteiger partial charge in [0.05, 0.1) is 0 Å². The van der Waals surface area contributed by atoms with E-state index in [-0.39, 0.29) is 12.2 Å². The summed E-state index contributed by atoms with van der Waals surface area (Å²) >= 11 is 0. The van der Waals surface area contributed by atoms with Gasteiger partial charge in [-0.05, 0) is 19.8 Å². The molecule has 1 fully saturated rings. The molecule has 0 saturated heterocycles. The second-order valence-electron chi connectivity index (χ2n) is 5.18. The third-order valence-electron chi connectivity index (χ3n) is 3.84. The smallest absolute Gasteiger partial charge is 0.254 e. The zero-order chi connectivity index (χ0) is 13.0. The van der Waals surface area contributed by atoms with Crippen LogP contribution in [0.15, 0.2) is 4.79 Å². The summed E-state index contributed by atoms with van der Waals surface area (Å²) in [5, 5.41) is 8.94. The number of nitrogens with one attached hydrogen (secondary N) is 1. The second kappa shape index (κ2) is 6.14. The fourth-order valence-electron chi connectivity index (χ4n) is 2.78. The van der Waals surface area contributed by atoms with Crippen LogP contribution in [0.4, 0.5) is 0 Å². The van der Waals surface area contributed by atoms with Crippen LogP contribution in [-0.4, -0.2) is 21.7 Å². The van der Waals surface area contributed by atoms with E-state index in [1.165, 1.54) is 25.7 Å². The second-order valence-corrected chi connectivity index (χ2v) is 5.18. The number of aromatic amines is 1. The molecule has 100 valence electrons. The normalized spacial score (nSPS) is 17.7. The quantitative estimate of drug-likeness (QED) is 0.807. The number of H-pyrrole nitrogens is 1. The van der Waals surface area contributed by atoms with E-state index in [4.69, 9.17) is 5.11 Å². The van der Waals surface area contributed by atoms with Crippen LogP contribution in [-0.2, 0) is 6.42 Å². The maximum atomic E-state index is 12.0. The lowest BCUT2D eigenvalue weighted by molar-refractivity contribution is 0.298. The van der Waals surface area contributed by atoms with Crippen LogP contribution in [0.1, 0.15) is 61.5 Å². The molecular weight excluding hydrogens is 228 g/mol. The van der Waals surface area contributed by atoms with Gasteiger partial charge < -0.3 is 10.1 Å². The van der Waals surface area contributed by atoms with Gasteiger partial charge in [0.1, 0.15) is 5.82 Å². The molecule has 0 spiro atoms. The number of aryl methyl sites for hydroxylation is 1. The average Bonchev–Trinajstić information content (AvgIpc) is 2.62. The number of aliphatic hydroxyl groups is 1. The summed E-state index contributed by atoms with van der Waals surface area (Å²) in [6.07, 6.45) is 7.69. The van der Waals surface area contributed by atoms with Gasteiger partial charge in [-0.1, -0.05) is 25.7 Å². The first-order chi connectivity index (χ1) is 8.72. The van der Waals surface area contributed by atoms with E-state index in [1.54, 1.807) is 0 Å². The highest BCUT2D eigenvalue weighted by atomic mass is 16.3. The van der Waals surface area contributed by atoms with Crippen molar-refractivity contribution in [3.63, 3.8) is 0 Å². The van der Waals surface area contributed by atoms with Gasteiger partial charge >= 0.3 is 0 Å². The summed E-state index contributed by atoms with van der Waals surface area (Å²) in [6.45, 7) is 1.86. The van der Waals surface area contributed by atoms with Gasteiger partial charge in [0.2, 0.25) is 0 Å². The predicted molar refractivity (Wildman–Crippen MR) is 70.8 cm³/mol. The molecule has 2 N–H and O–H groups in total. The van der Waals surface area contributed by atoms with E-state index in [1.807, 2.05) is 6.92 Å². The monoisotopic (exact) mass is 250 g/mol. The van der Waals surface area contributed by atoms with Gasteiger partial charge in [-0.15, -0.1) is 0 Å². The Morgan fingerprint density at radius 2 is 1.94 bits per heavy atom. The maximum Gasteiger partial charge on any atom is 0.254 e. The van der Waals surface area contributed by atoms with Crippen molar-refractivity contribution in [2.75, 3.05) is 6.61 Å². The molecule has 18 heavy (non-hydrogen) atoms. The van der Waals surface area contributed by atoms with E-state index in [9.17, 15) is 4.79 Å². The van der Waals surface area contributed by atoms with Crippen LogP contribution in [0, 0.1) is 6.92 Å². The lowest BCUT2D eigenvalue weighted by Crippen LogP contribution is -2.21. The molecular formula is C14H22N2O2. The third-order valence-corrected chi connectivity index (χ3v) is 3.84. The van der Waals surface area contributed by atoms with E-state index >= 15 is 0 Å². The lowest BCUT2D eigenvalue weighted by Gasteiger charge is -2.14. The van der Waals surface area contributed by atoms with Crippen LogP contribution in [0.2, 0.25) is 0 Å². The highest BCUT2D eigenvalue weighted by Gasteiger charge is 2.18. The standard InChI is InChI=1S/C14H22N2O2/c1-10-12(8-9-17)14(18)16-13(15-10)11-6-4-2-3-5-7-11/h11,17H,2-9H2,1H3,(H,15,16,18). The van der Waals surface area contributed by atoms with Gasteiger partial charge in [0.25, 0.3) is 5.56 Å². The van der Waals surface area contributed by atoms with Crippen LogP contribution < -0.4 is 5.56 Å². The molecule has 4 nitrogen and oxygen atoms in total. The summed E-state index contributed by atoms with van der Waals surface area (Å²) in [5.41, 5.74) is 1.32. The Balaban J connectivity index is 2.26. The summed E-state index contributed by atoms with van der Waals surface area (Å²) in [7, 11) is 0. The number of aliphatic hydroxyl groups excluding tert-OH is 1. The fraction of sp³-hybridized carbons (Fsp3) is 0.714. The van der Waals surface area contributed by atoms with Crippen LogP contribution in [0.25, 0.3) is 0 Å². The molecule has 4 heteroatoms. The van der Waals surface area contributed by atoms with Gasteiger partial charge in [0.15, 0.2) is 0 Å². The first-order valence-corrected chi connectivity index (χ1v) is 6.93. The number of rotatable bonds is 3. The Morgan fingerprint density at radius 1 is 1.28 bits per heavy atom. The van der Waals surface area contributed by atoms with Crippen LogP contribution in [0.5, 0.6) is 0 Å². The van der Waals surface area contributed by atoms with Crippen molar-refractivity contribution in [2.24, 2.45) is 0 Å². The number of hydrogen-bond acceptors (Lipinski definition) is 3. The van der Waals surface area contributed by atoms with Crippen molar-refractivity contribution >= 4 is 0 Å². The van der Waals surface area contributed by atoms with Gasteiger partial charge in [-0.2, -0.15) is 0 Å². The Kier molecular flexibility index (Phi) is 4.53. The van der Waals surface area contributed by atoms with E-state index in [2.05, 4.69) is 9.97 Å². The van der Waals surface area contributed by atoms with Crippen molar-refractivity contribution in [1.82, 2.24) is 9.97 Å². The van der Waals surface area contributed by atoms with Gasteiger partial charge in [0, 0.05) is 30.2 Å². The average molecular weight is 250 g/mol. The summed E-state index contributed by atoms with van der Waals surface area (Å²) in [4.78, 5) is 19.4. The summed E-state index contributed by atoms with van der Waals surface area (Å²) in [6, 6.07) is 0. The Hall–Kier alpha value is -1.16. The van der Waals surface area contributed by atoms with Crippen LogP contribution in [0.3, 0.4) is 0 Å². The molecule has 1 aromatic heterocycles. The minimum absolute atomic E-state index is 0.00558. The molecule has 0 radical (unpaired) electrons. The minimum atomic E-state index is -0.0733. The number of nitrogens with zero attached hydrogens (tertiary/aromatic N) is 1. The third kappa shape index (κ3) is 2.99. The molecule has 0 unspecified atom stereocenters. The molecule has 1 aliphatic carbocycles. The van der Waals surface area contributed by atoms with Crippen molar-refractivity contribution < 1.29 is 5.11 Å². The summed E-state index contributed by atoms with van der Waals surface area (Å²) < 4.78 is 0. The van der Waals surface area contributed by atoms with Gasteiger partial charge in [-0.25, -0.2) is 4.98 Å².